The Kier molecular flexibility index (Phi) is 7.24. The van der Waals surface area contributed by atoms with Gasteiger partial charge in [-0.1, -0.05) is 36.4 Å². The number of sulfonamides is 1. The van der Waals surface area contributed by atoms with Gasteiger partial charge in [0.05, 0.1) is 18.0 Å². The number of aryl methyl sites for hydroxylation is 3. The van der Waals surface area contributed by atoms with Crippen LogP contribution in [0.1, 0.15) is 48.1 Å². The number of rotatable bonds is 8. The summed E-state index contributed by atoms with van der Waals surface area (Å²) in [5.41, 5.74) is 5.03. The number of amides is 1. The standard InChI is InChI=1S/C22H30N2O3S/c1-16-12-13-20(15-18(16)3)19(4)23-22(25)11-8-14-24(28(5,26)27)21-10-7-6-9-17(21)2/h6-7,9-10,12-13,15,19H,8,11,14H2,1-5H3,(H,23,25). The highest BCUT2D eigenvalue weighted by Crippen LogP contribution is 2.22. The average Bonchev–Trinajstić information content (AvgIpc) is 2.61. The Morgan fingerprint density at radius 2 is 1.71 bits per heavy atom. The normalized spacial score (nSPS) is 12.5. The quantitative estimate of drug-likeness (QED) is 0.725. The molecule has 1 N–H and O–H groups in total. The predicted octanol–water partition coefficient (Wildman–Crippen LogP) is 4.04. The van der Waals surface area contributed by atoms with Crippen LogP contribution in [0.5, 0.6) is 0 Å². The summed E-state index contributed by atoms with van der Waals surface area (Å²) in [7, 11) is -3.41. The third-order valence-corrected chi connectivity index (χ3v) is 6.14. The molecule has 0 fully saturated rings. The molecule has 0 aromatic heterocycles. The van der Waals surface area contributed by atoms with Gasteiger partial charge in [-0.15, -0.1) is 0 Å². The van der Waals surface area contributed by atoms with Crippen molar-refractivity contribution in [3.05, 3.63) is 64.7 Å². The second-order valence-electron chi connectivity index (χ2n) is 7.36. The third-order valence-electron chi connectivity index (χ3n) is 4.96. The summed E-state index contributed by atoms with van der Waals surface area (Å²) in [5, 5.41) is 3.00. The van der Waals surface area contributed by atoms with Crippen LogP contribution in [0, 0.1) is 20.8 Å². The highest BCUT2D eigenvalue weighted by Gasteiger charge is 2.19. The van der Waals surface area contributed by atoms with Crippen molar-refractivity contribution in [3.8, 4) is 0 Å². The molecule has 0 aliphatic heterocycles. The molecule has 1 unspecified atom stereocenters. The molecule has 2 rings (SSSR count). The van der Waals surface area contributed by atoms with E-state index in [0.29, 0.717) is 12.1 Å². The van der Waals surface area contributed by atoms with Gasteiger partial charge in [0.2, 0.25) is 15.9 Å². The Morgan fingerprint density at radius 3 is 2.32 bits per heavy atom. The zero-order valence-electron chi connectivity index (χ0n) is 17.3. The maximum absolute atomic E-state index is 12.3. The van der Waals surface area contributed by atoms with Crippen LogP contribution in [-0.2, 0) is 14.8 Å². The van der Waals surface area contributed by atoms with E-state index in [9.17, 15) is 13.2 Å². The fraction of sp³-hybridized carbons (Fsp3) is 0.409. The molecule has 152 valence electrons. The minimum atomic E-state index is -3.41. The van der Waals surface area contributed by atoms with E-state index < -0.39 is 10.0 Å². The summed E-state index contributed by atoms with van der Waals surface area (Å²) in [5.74, 6) is -0.0797. The van der Waals surface area contributed by atoms with Crippen molar-refractivity contribution in [3.63, 3.8) is 0 Å². The van der Waals surface area contributed by atoms with Gasteiger partial charge in [0.15, 0.2) is 0 Å². The van der Waals surface area contributed by atoms with E-state index in [1.54, 1.807) is 6.07 Å². The molecule has 5 nitrogen and oxygen atoms in total. The number of hydrogen-bond donors (Lipinski definition) is 1. The Morgan fingerprint density at radius 1 is 1.04 bits per heavy atom. The van der Waals surface area contributed by atoms with Crippen molar-refractivity contribution in [1.29, 1.82) is 0 Å². The molecule has 0 aliphatic carbocycles. The van der Waals surface area contributed by atoms with Gasteiger partial charge in [-0.2, -0.15) is 0 Å². The van der Waals surface area contributed by atoms with Crippen molar-refractivity contribution in [1.82, 2.24) is 5.32 Å². The molecule has 28 heavy (non-hydrogen) atoms. The largest absolute Gasteiger partial charge is 0.350 e. The van der Waals surface area contributed by atoms with Crippen LogP contribution >= 0.6 is 0 Å². The lowest BCUT2D eigenvalue weighted by Gasteiger charge is -2.24. The van der Waals surface area contributed by atoms with Crippen molar-refractivity contribution in [2.45, 2.75) is 46.6 Å². The fourth-order valence-corrected chi connectivity index (χ4v) is 4.15. The topological polar surface area (TPSA) is 66.5 Å². The van der Waals surface area contributed by atoms with Crippen LogP contribution in [0.15, 0.2) is 42.5 Å². The average molecular weight is 403 g/mol. The summed E-state index contributed by atoms with van der Waals surface area (Å²) in [6.07, 6.45) is 1.92. The molecule has 0 bridgehead atoms. The van der Waals surface area contributed by atoms with Crippen LogP contribution in [0.4, 0.5) is 5.69 Å². The summed E-state index contributed by atoms with van der Waals surface area (Å²) in [6, 6.07) is 13.4. The molecule has 1 atom stereocenters. The Balaban J connectivity index is 1.95. The number of carbonyl (C=O) groups excluding carboxylic acids is 1. The van der Waals surface area contributed by atoms with Gasteiger partial charge in [0.25, 0.3) is 0 Å². The molecule has 0 heterocycles. The molecule has 0 spiro atoms. The molecular formula is C22H30N2O3S. The molecule has 0 radical (unpaired) electrons. The Bertz CT molecular complexity index is 939. The van der Waals surface area contributed by atoms with Crippen molar-refractivity contribution >= 4 is 21.6 Å². The van der Waals surface area contributed by atoms with Crippen molar-refractivity contribution < 1.29 is 13.2 Å². The summed E-state index contributed by atoms with van der Waals surface area (Å²) < 4.78 is 25.8. The van der Waals surface area contributed by atoms with Crippen LogP contribution in [0.25, 0.3) is 0 Å². The highest BCUT2D eigenvalue weighted by molar-refractivity contribution is 7.92. The third kappa shape index (κ3) is 5.83. The predicted molar refractivity (Wildman–Crippen MR) is 115 cm³/mol. The van der Waals surface area contributed by atoms with Gasteiger partial charge in [-0.25, -0.2) is 8.42 Å². The van der Waals surface area contributed by atoms with Crippen molar-refractivity contribution in [2.24, 2.45) is 0 Å². The van der Waals surface area contributed by atoms with Crippen LogP contribution in [0.2, 0.25) is 0 Å². The van der Waals surface area contributed by atoms with Crippen LogP contribution in [-0.4, -0.2) is 27.1 Å². The monoisotopic (exact) mass is 402 g/mol. The van der Waals surface area contributed by atoms with E-state index in [4.69, 9.17) is 0 Å². The lowest BCUT2D eigenvalue weighted by molar-refractivity contribution is -0.121. The maximum Gasteiger partial charge on any atom is 0.232 e. The number of benzene rings is 2. The van der Waals surface area contributed by atoms with Gasteiger partial charge < -0.3 is 5.32 Å². The number of nitrogens with zero attached hydrogens (tertiary/aromatic N) is 1. The number of carbonyl (C=O) groups is 1. The van der Waals surface area contributed by atoms with E-state index in [0.717, 1.165) is 11.1 Å². The molecule has 2 aromatic rings. The zero-order valence-corrected chi connectivity index (χ0v) is 18.1. The maximum atomic E-state index is 12.3. The number of hydrogen-bond acceptors (Lipinski definition) is 3. The summed E-state index contributed by atoms with van der Waals surface area (Å²) in [6.45, 7) is 8.22. The molecule has 0 saturated heterocycles. The number of para-hydroxylation sites is 1. The van der Waals surface area contributed by atoms with Gasteiger partial charge >= 0.3 is 0 Å². The van der Waals surface area contributed by atoms with Crippen LogP contribution < -0.4 is 9.62 Å². The second kappa shape index (κ2) is 9.24. The lowest BCUT2D eigenvalue weighted by Crippen LogP contribution is -2.33. The van der Waals surface area contributed by atoms with Gasteiger partial charge in [-0.05, 0) is 62.4 Å². The number of anilines is 1. The first-order valence-electron chi connectivity index (χ1n) is 9.49. The van der Waals surface area contributed by atoms with Gasteiger partial charge in [0, 0.05) is 13.0 Å². The molecule has 0 aliphatic rings. The first kappa shape index (κ1) is 22.0. The zero-order chi connectivity index (χ0) is 20.9. The summed E-state index contributed by atoms with van der Waals surface area (Å²) in [4.78, 5) is 12.3. The Hall–Kier alpha value is -2.34. The minimum Gasteiger partial charge on any atom is -0.350 e. The van der Waals surface area contributed by atoms with E-state index in [-0.39, 0.29) is 24.9 Å². The SMILES string of the molecule is Cc1ccc(C(C)NC(=O)CCCN(c2ccccc2C)S(C)(=O)=O)cc1C. The lowest BCUT2D eigenvalue weighted by atomic mass is 10.0. The van der Waals surface area contributed by atoms with E-state index >= 15 is 0 Å². The number of nitrogens with one attached hydrogen (secondary N) is 1. The molecule has 6 heteroatoms. The Labute approximate surface area is 168 Å². The van der Waals surface area contributed by atoms with E-state index in [1.807, 2.05) is 38.1 Å². The molecule has 1 amide bonds. The van der Waals surface area contributed by atoms with Gasteiger partial charge in [-0.3, -0.25) is 9.10 Å². The molecule has 2 aromatic carbocycles. The highest BCUT2D eigenvalue weighted by atomic mass is 32.2. The van der Waals surface area contributed by atoms with E-state index in [2.05, 4.69) is 31.3 Å². The molecule has 0 saturated carbocycles. The second-order valence-corrected chi connectivity index (χ2v) is 9.26. The smallest absolute Gasteiger partial charge is 0.232 e. The summed E-state index contributed by atoms with van der Waals surface area (Å²) >= 11 is 0. The first-order chi connectivity index (χ1) is 13.1. The van der Waals surface area contributed by atoms with Crippen LogP contribution in [0.3, 0.4) is 0 Å². The first-order valence-corrected chi connectivity index (χ1v) is 11.3. The minimum absolute atomic E-state index is 0.0797. The van der Waals surface area contributed by atoms with Crippen molar-refractivity contribution in [2.75, 3.05) is 17.1 Å². The fourth-order valence-electron chi connectivity index (χ4n) is 3.12. The molecular weight excluding hydrogens is 372 g/mol. The van der Waals surface area contributed by atoms with E-state index in [1.165, 1.54) is 21.7 Å². The van der Waals surface area contributed by atoms with Gasteiger partial charge in [0.1, 0.15) is 0 Å².